The summed E-state index contributed by atoms with van der Waals surface area (Å²) >= 11 is 2.63. The third-order valence-electron chi connectivity index (χ3n) is 6.11. The molecule has 1 unspecified atom stereocenters. The summed E-state index contributed by atoms with van der Waals surface area (Å²) in [6, 6.07) is 5.43. The fraction of sp³-hybridized carbons (Fsp3) is 0.375. The average molecular weight is 531 g/mol. The number of aromatic nitrogens is 4. The van der Waals surface area contributed by atoms with Gasteiger partial charge in [-0.1, -0.05) is 11.3 Å². The van der Waals surface area contributed by atoms with Gasteiger partial charge in [0.05, 0.1) is 24.4 Å². The van der Waals surface area contributed by atoms with Crippen molar-refractivity contribution in [1.82, 2.24) is 19.6 Å². The van der Waals surface area contributed by atoms with E-state index in [4.69, 9.17) is 18.6 Å². The zero-order chi connectivity index (χ0) is 24.9. The second kappa shape index (κ2) is 9.11. The highest BCUT2D eigenvalue weighted by molar-refractivity contribution is 7.16. The highest BCUT2D eigenvalue weighted by Gasteiger charge is 2.34. The van der Waals surface area contributed by atoms with E-state index < -0.39 is 11.8 Å². The van der Waals surface area contributed by atoms with Gasteiger partial charge in [-0.2, -0.15) is 5.10 Å². The molecule has 36 heavy (non-hydrogen) atoms. The molecule has 1 aliphatic rings. The summed E-state index contributed by atoms with van der Waals surface area (Å²) in [5.41, 5.74) is 0.951. The Balaban J connectivity index is 1.27. The number of hydrogen-bond acceptors (Lipinski definition) is 10. The molecule has 12 heteroatoms. The van der Waals surface area contributed by atoms with E-state index in [0.717, 1.165) is 11.1 Å². The van der Waals surface area contributed by atoms with Crippen LogP contribution in [0.15, 0.2) is 34.2 Å². The van der Waals surface area contributed by atoms with Crippen LogP contribution >= 0.6 is 22.7 Å². The molecule has 188 valence electrons. The number of aliphatic hydroxyl groups is 1. The number of thiazole rings is 1. The smallest absolute Gasteiger partial charge is 0.212 e. The van der Waals surface area contributed by atoms with Crippen LogP contribution in [0.2, 0.25) is 0 Å². The molecular weight excluding hydrogens is 507 g/mol. The van der Waals surface area contributed by atoms with E-state index in [1.165, 1.54) is 29.6 Å². The molecule has 0 radical (unpaired) electrons. The Morgan fingerprint density at radius 3 is 2.83 bits per heavy atom. The van der Waals surface area contributed by atoms with Crippen molar-refractivity contribution in [2.24, 2.45) is 0 Å². The van der Waals surface area contributed by atoms with Crippen molar-refractivity contribution < 1.29 is 28.1 Å². The minimum atomic E-state index is -1.15. The number of rotatable bonds is 7. The van der Waals surface area contributed by atoms with Gasteiger partial charge in [0.25, 0.3) is 0 Å². The molecule has 5 heterocycles. The molecule has 1 saturated heterocycles. The number of halogens is 1. The molecule has 0 spiro atoms. The summed E-state index contributed by atoms with van der Waals surface area (Å²) < 4.78 is 38.2. The van der Waals surface area contributed by atoms with Gasteiger partial charge >= 0.3 is 0 Å². The van der Waals surface area contributed by atoms with Gasteiger partial charge in [0.1, 0.15) is 40.0 Å². The first-order valence-electron chi connectivity index (χ1n) is 11.4. The Morgan fingerprint density at radius 1 is 1.25 bits per heavy atom. The number of ether oxygens (including phenoxy) is 3. The van der Waals surface area contributed by atoms with Gasteiger partial charge in [-0.3, -0.25) is 0 Å². The highest BCUT2D eigenvalue weighted by Crippen LogP contribution is 2.38. The number of methoxy groups -OCH3 is 1. The number of nitrogens with zero attached hydrogens (tertiary/aromatic N) is 4. The third-order valence-corrected chi connectivity index (χ3v) is 8.27. The van der Waals surface area contributed by atoms with E-state index in [0.29, 0.717) is 69.6 Å². The predicted octanol–water partition coefficient (Wildman–Crippen LogP) is 5.28. The summed E-state index contributed by atoms with van der Waals surface area (Å²) in [6.07, 6.45) is 1.63. The first kappa shape index (κ1) is 23.3. The maximum atomic E-state index is 13.6. The van der Waals surface area contributed by atoms with Crippen LogP contribution in [0.4, 0.5) is 4.39 Å². The summed E-state index contributed by atoms with van der Waals surface area (Å²) in [6.45, 7) is 2.72. The minimum Gasteiger partial charge on any atom is -0.496 e. The number of alkyl halides is 1. The predicted molar refractivity (Wildman–Crippen MR) is 133 cm³/mol. The third kappa shape index (κ3) is 4.23. The molecule has 0 aliphatic carbocycles. The van der Waals surface area contributed by atoms with E-state index >= 15 is 0 Å². The average Bonchev–Trinajstić information content (AvgIpc) is 3.65. The van der Waals surface area contributed by atoms with E-state index in [9.17, 15) is 9.50 Å². The molecule has 1 aliphatic heterocycles. The number of imidazole rings is 1. The van der Waals surface area contributed by atoms with Crippen molar-refractivity contribution in [1.29, 1.82) is 0 Å². The number of benzene rings is 1. The van der Waals surface area contributed by atoms with Crippen LogP contribution < -0.4 is 9.47 Å². The molecule has 1 N–H and O–H groups in total. The molecule has 9 nitrogen and oxygen atoms in total. The minimum absolute atomic E-state index is 0.222. The molecule has 0 saturated carbocycles. The first-order valence-corrected chi connectivity index (χ1v) is 13.1. The molecule has 5 aromatic rings. The molecule has 1 fully saturated rings. The number of fused-ring (bicyclic) bond motifs is 2. The molecule has 0 bridgehead atoms. The fourth-order valence-corrected chi connectivity index (χ4v) is 5.87. The summed E-state index contributed by atoms with van der Waals surface area (Å²) in [5.74, 6) is 1.70. The van der Waals surface area contributed by atoms with Crippen LogP contribution in [-0.2, 0) is 16.9 Å². The van der Waals surface area contributed by atoms with Crippen molar-refractivity contribution in [3.8, 4) is 23.0 Å². The maximum Gasteiger partial charge on any atom is 0.212 e. The van der Waals surface area contributed by atoms with Gasteiger partial charge in [-0.15, -0.1) is 11.3 Å². The van der Waals surface area contributed by atoms with E-state index in [1.54, 1.807) is 30.0 Å². The van der Waals surface area contributed by atoms with E-state index in [-0.39, 0.29) is 6.61 Å². The second-order valence-electron chi connectivity index (χ2n) is 8.63. The Kier molecular flexibility index (Phi) is 5.91. The van der Waals surface area contributed by atoms with E-state index in [2.05, 4.69) is 15.1 Å². The monoisotopic (exact) mass is 530 g/mol. The van der Waals surface area contributed by atoms with Crippen LogP contribution in [0.3, 0.4) is 0 Å². The fourth-order valence-electron chi connectivity index (χ4n) is 4.10. The summed E-state index contributed by atoms with van der Waals surface area (Å²) in [4.78, 5) is 9.76. The zero-order valence-corrected chi connectivity index (χ0v) is 21.2. The normalized spacial score (nSPS) is 16.6. The maximum absolute atomic E-state index is 13.6. The Labute approximate surface area is 213 Å². The first-order chi connectivity index (χ1) is 17.4. The van der Waals surface area contributed by atoms with Crippen LogP contribution in [0.25, 0.3) is 27.4 Å². The van der Waals surface area contributed by atoms with Gasteiger partial charge in [-0.25, -0.2) is 18.9 Å². The molecule has 0 amide bonds. The van der Waals surface area contributed by atoms with Gasteiger partial charge < -0.3 is 23.7 Å². The van der Waals surface area contributed by atoms with Crippen molar-refractivity contribution in [2.45, 2.75) is 38.1 Å². The summed E-state index contributed by atoms with van der Waals surface area (Å²) in [5, 5.41) is 18.9. The quantitative estimate of drug-likeness (QED) is 0.303. The number of hydrogen-bond donors (Lipinski definition) is 1. The number of furan rings is 1. The summed E-state index contributed by atoms with van der Waals surface area (Å²) in [7, 11) is 1.58. The van der Waals surface area contributed by atoms with E-state index in [1.807, 2.05) is 11.4 Å². The Bertz CT molecular complexity index is 1500. The van der Waals surface area contributed by atoms with Gasteiger partial charge in [-0.05, 0) is 13.0 Å². The Hall–Kier alpha value is -3.06. The van der Waals surface area contributed by atoms with Crippen LogP contribution in [-0.4, -0.2) is 45.0 Å². The SMILES string of the molecule is COc1cc(OCc2csc(C3(O)CCOCC3)n2)c2cc(-c3cn4nc(C(C)F)sc4n3)oc2c1. The van der Waals surface area contributed by atoms with Gasteiger partial charge in [0.2, 0.25) is 4.96 Å². The lowest BCUT2D eigenvalue weighted by Crippen LogP contribution is -2.33. The molecule has 6 rings (SSSR count). The van der Waals surface area contributed by atoms with Crippen molar-refractivity contribution >= 4 is 38.6 Å². The molecule has 4 aromatic heterocycles. The van der Waals surface area contributed by atoms with Crippen molar-refractivity contribution in [2.75, 3.05) is 20.3 Å². The Morgan fingerprint density at radius 2 is 2.08 bits per heavy atom. The highest BCUT2D eigenvalue weighted by atomic mass is 32.1. The molecular formula is C24H23FN4O5S2. The lowest BCUT2D eigenvalue weighted by molar-refractivity contribution is -0.0681. The lowest BCUT2D eigenvalue weighted by Gasteiger charge is -2.29. The van der Waals surface area contributed by atoms with Crippen LogP contribution in [0.1, 0.15) is 41.6 Å². The largest absolute Gasteiger partial charge is 0.496 e. The second-order valence-corrected chi connectivity index (χ2v) is 10.5. The van der Waals surface area contributed by atoms with Gasteiger partial charge in [0.15, 0.2) is 16.9 Å². The lowest BCUT2D eigenvalue weighted by atomic mass is 9.95. The standard InChI is InChI=1S/C24H23FN4O5S2/c1-13(25)21-28-29-10-17(27-23(29)36-21)20-9-16-18(7-15(31-2)8-19(16)34-20)33-11-14-12-35-22(26-14)24(30)3-5-32-6-4-24/h7-10,12-13,30H,3-6,11H2,1-2H3. The molecule has 1 atom stereocenters. The zero-order valence-electron chi connectivity index (χ0n) is 19.6. The van der Waals surface area contributed by atoms with Crippen LogP contribution in [0.5, 0.6) is 11.5 Å². The van der Waals surface area contributed by atoms with Gasteiger partial charge in [0, 0.05) is 43.6 Å². The molecule has 1 aromatic carbocycles. The van der Waals surface area contributed by atoms with Crippen LogP contribution in [0, 0.1) is 0 Å². The van der Waals surface area contributed by atoms with Crippen molar-refractivity contribution in [3.63, 3.8) is 0 Å². The topological polar surface area (TPSA) is 104 Å². The van der Waals surface area contributed by atoms with Crippen molar-refractivity contribution in [3.05, 3.63) is 45.5 Å².